The number of aryl methyl sites for hydroxylation is 1. The highest BCUT2D eigenvalue weighted by Crippen LogP contribution is 2.25. The van der Waals surface area contributed by atoms with Crippen molar-refractivity contribution in [3.05, 3.63) is 65.7 Å². The van der Waals surface area contributed by atoms with Gasteiger partial charge in [0, 0.05) is 6.54 Å². The highest BCUT2D eigenvalue weighted by molar-refractivity contribution is 5.76. The molecular weight excluding hydrogens is 265 g/mol. The molecule has 0 saturated carbocycles. The van der Waals surface area contributed by atoms with Crippen LogP contribution in [0, 0.1) is 5.82 Å². The maximum Gasteiger partial charge on any atom is 0.131 e. The summed E-state index contributed by atoms with van der Waals surface area (Å²) in [6.45, 7) is 2.86. The first-order valence-corrected chi connectivity index (χ1v) is 7.17. The van der Waals surface area contributed by atoms with Crippen LogP contribution in [0.1, 0.15) is 30.8 Å². The van der Waals surface area contributed by atoms with E-state index in [0.717, 1.165) is 35.4 Å². The largest absolute Gasteiger partial charge is 0.326 e. The molecule has 1 heterocycles. The molecule has 0 aliphatic carbocycles. The Hall–Kier alpha value is -2.20. The number of fused-ring (bicyclic) bond motifs is 1. The highest BCUT2D eigenvalue weighted by Gasteiger charge is 2.18. The first-order valence-electron chi connectivity index (χ1n) is 7.17. The molecule has 3 rings (SSSR count). The minimum absolute atomic E-state index is 0.250. The smallest absolute Gasteiger partial charge is 0.131 e. The Kier molecular flexibility index (Phi) is 3.71. The lowest BCUT2D eigenvalue weighted by atomic mass is 10.1. The van der Waals surface area contributed by atoms with Gasteiger partial charge in [-0.05, 0) is 30.2 Å². The van der Waals surface area contributed by atoms with Crippen LogP contribution in [0.4, 0.5) is 4.39 Å². The quantitative estimate of drug-likeness (QED) is 0.794. The molecule has 108 valence electrons. The van der Waals surface area contributed by atoms with E-state index in [1.54, 1.807) is 6.07 Å². The molecule has 0 aliphatic heterocycles. The number of hydrogen-bond donors (Lipinski definition) is 1. The minimum Gasteiger partial charge on any atom is -0.326 e. The third-order valence-corrected chi connectivity index (χ3v) is 3.62. The Balaban J connectivity index is 2.15. The predicted molar refractivity (Wildman–Crippen MR) is 82.5 cm³/mol. The third kappa shape index (κ3) is 2.54. The topological polar surface area (TPSA) is 43.8 Å². The SMILES string of the molecule is CCCn1c(C(N)c2ccccc2)nc2ccc(F)cc21. The van der Waals surface area contributed by atoms with Crippen molar-refractivity contribution >= 4 is 11.0 Å². The van der Waals surface area contributed by atoms with Gasteiger partial charge < -0.3 is 10.3 Å². The van der Waals surface area contributed by atoms with Gasteiger partial charge in [-0.15, -0.1) is 0 Å². The number of nitrogens with zero attached hydrogens (tertiary/aromatic N) is 2. The summed E-state index contributed by atoms with van der Waals surface area (Å²) < 4.78 is 15.5. The van der Waals surface area contributed by atoms with Crippen LogP contribution >= 0.6 is 0 Å². The number of hydrogen-bond acceptors (Lipinski definition) is 2. The molecule has 1 aromatic heterocycles. The van der Waals surface area contributed by atoms with E-state index in [1.807, 2.05) is 34.9 Å². The Morgan fingerprint density at radius 2 is 1.95 bits per heavy atom. The summed E-state index contributed by atoms with van der Waals surface area (Å²) in [6.07, 6.45) is 0.941. The Labute approximate surface area is 123 Å². The Morgan fingerprint density at radius 1 is 1.19 bits per heavy atom. The summed E-state index contributed by atoms with van der Waals surface area (Å²) in [5.41, 5.74) is 8.96. The summed E-state index contributed by atoms with van der Waals surface area (Å²) in [6, 6.07) is 14.2. The molecule has 3 nitrogen and oxygen atoms in total. The van der Waals surface area contributed by atoms with Crippen molar-refractivity contribution in [3.8, 4) is 0 Å². The lowest BCUT2D eigenvalue weighted by molar-refractivity contribution is 0.616. The molecule has 0 fully saturated rings. The zero-order valence-corrected chi connectivity index (χ0v) is 12.0. The molecule has 0 aliphatic rings. The highest BCUT2D eigenvalue weighted by atomic mass is 19.1. The minimum atomic E-state index is -0.312. The molecule has 2 N–H and O–H groups in total. The van der Waals surface area contributed by atoms with Crippen LogP contribution in [-0.2, 0) is 6.54 Å². The van der Waals surface area contributed by atoms with Gasteiger partial charge in [0.25, 0.3) is 0 Å². The van der Waals surface area contributed by atoms with E-state index in [-0.39, 0.29) is 11.9 Å². The van der Waals surface area contributed by atoms with Gasteiger partial charge in [0.05, 0.1) is 17.1 Å². The number of halogens is 1. The number of nitrogens with two attached hydrogens (primary N) is 1. The summed E-state index contributed by atoms with van der Waals surface area (Å²) >= 11 is 0. The monoisotopic (exact) mass is 283 g/mol. The van der Waals surface area contributed by atoms with Crippen LogP contribution in [0.15, 0.2) is 48.5 Å². The van der Waals surface area contributed by atoms with Crippen LogP contribution in [0.3, 0.4) is 0 Å². The van der Waals surface area contributed by atoms with E-state index in [0.29, 0.717) is 0 Å². The number of aromatic nitrogens is 2. The van der Waals surface area contributed by atoms with E-state index in [4.69, 9.17) is 5.73 Å². The number of benzene rings is 2. The molecule has 0 saturated heterocycles. The van der Waals surface area contributed by atoms with E-state index < -0.39 is 0 Å². The van der Waals surface area contributed by atoms with E-state index in [9.17, 15) is 4.39 Å². The van der Waals surface area contributed by atoms with Crippen molar-refractivity contribution in [1.82, 2.24) is 9.55 Å². The van der Waals surface area contributed by atoms with E-state index in [2.05, 4.69) is 11.9 Å². The molecule has 2 aromatic carbocycles. The van der Waals surface area contributed by atoms with Gasteiger partial charge in [-0.25, -0.2) is 9.37 Å². The average molecular weight is 283 g/mol. The van der Waals surface area contributed by atoms with Gasteiger partial charge in [0.15, 0.2) is 0 Å². The number of imidazole rings is 1. The zero-order valence-electron chi connectivity index (χ0n) is 12.0. The van der Waals surface area contributed by atoms with Crippen LogP contribution in [0.5, 0.6) is 0 Å². The van der Waals surface area contributed by atoms with Gasteiger partial charge in [-0.3, -0.25) is 0 Å². The second-order valence-electron chi connectivity index (χ2n) is 5.14. The predicted octanol–water partition coefficient (Wildman–Crippen LogP) is 3.63. The maximum atomic E-state index is 13.5. The standard InChI is InChI=1S/C17H18FN3/c1-2-10-21-15-11-13(18)8-9-14(15)20-17(21)16(19)12-6-4-3-5-7-12/h3-9,11,16H,2,10,19H2,1H3. The summed E-state index contributed by atoms with van der Waals surface area (Å²) in [7, 11) is 0. The maximum absolute atomic E-state index is 13.5. The van der Waals surface area contributed by atoms with Crippen molar-refractivity contribution < 1.29 is 4.39 Å². The lowest BCUT2D eigenvalue weighted by Gasteiger charge is -2.14. The van der Waals surface area contributed by atoms with Crippen LogP contribution in [0.2, 0.25) is 0 Å². The fourth-order valence-electron chi connectivity index (χ4n) is 2.62. The van der Waals surface area contributed by atoms with Crippen LogP contribution in [0.25, 0.3) is 11.0 Å². The van der Waals surface area contributed by atoms with Gasteiger partial charge in [-0.1, -0.05) is 37.3 Å². The summed E-state index contributed by atoms with van der Waals surface area (Å²) in [5.74, 6) is 0.531. The van der Waals surface area contributed by atoms with E-state index >= 15 is 0 Å². The van der Waals surface area contributed by atoms with Gasteiger partial charge in [-0.2, -0.15) is 0 Å². The fraction of sp³-hybridized carbons (Fsp3) is 0.235. The van der Waals surface area contributed by atoms with Crippen molar-refractivity contribution in [2.45, 2.75) is 25.9 Å². The second kappa shape index (κ2) is 5.66. The third-order valence-electron chi connectivity index (χ3n) is 3.62. The summed E-state index contributed by atoms with van der Waals surface area (Å²) in [5, 5.41) is 0. The first kappa shape index (κ1) is 13.8. The van der Waals surface area contributed by atoms with Crippen LogP contribution < -0.4 is 5.73 Å². The number of rotatable bonds is 4. The Morgan fingerprint density at radius 3 is 2.67 bits per heavy atom. The first-order chi connectivity index (χ1) is 10.2. The van der Waals surface area contributed by atoms with Gasteiger partial charge >= 0.3 is 0 Å². The zero-order chi connectivity index (χ0) is 14.8. The molecular formula is C17H18FN3. The van der Waals surface area contributed by atoms with Gasteiger partial charge in [0.1, 0.15) is 11.6 Å². The molecule has 0 bridgehead atoms. The molecule has 4 heteroatoms. The van der Waals surface area contributed by atoms with Gasteiger partial charge in [0.2, 0.25) is 0 Å². The average Bonchev–Trinajstić information content (AvgIpc) is 2.86. The van der Waals surface area contributed by atoms with Crippen molar-refractivity contribution in [2.24, 2.45) is 5.73 Å². The molecule has 0 radical (unpaired) electrons. The Bertz CT molecular complexity index is 749. The van der Waals surface area contributed by atoms with Crippen molar-refractivity contribution in [2.75, 3.05) is 0 Å². The van der Waals surface area contributed by atoms with Crippen molar-refractivity contribution in [3.63, 3.8) is 0 Å². The molecule has 0 spiro atoms. The molecule has 0 amide bonds. The molecule has 1 unspecified atom stereocenters. The molecule has 21 heavy (non-hydrogen) atoms. The van der Waals surface area contributed by atoms with Crippen molar-refractivity contribution in [1.29, 1.82) is 0 Å². The van der Waals surface area contributed by atoms with Crippen LogP contribution in [-0.4, -0.2) is 9.55 Å². The normalized spacial score (nSPS) is 12.7. The van der Waals surface area contributed by atoms with E-state index in [1.165, 1.54) is 12.1 Å². The summed E-state index contributed by atoms with van der Waals surface area (Å²) in [4.78, 5) is 4.62. The lowest BCUT2D eigenvalue weighted by Crippen LogP contribution is -2.18. The molecule has 1 atom stereocenters. The molecule has 3 aromatic rings. The second-order valence-corrected chi connectivity index (χ2v) is 5.14. The fourth-order valence-corrected chi connectivity index (χ4v) is 2.62.